The Morgan fingerprint density at radius 3 is 2.46 bits per heavy atom. The number of pyridine rings is 1. The lowest BCUT2D eigenvalue weighted by molar-refractivity contribution is -0.137. The third kappa shape index (κ3) is 5.01. The summed E-state index contributed by atoms with van der Waals surface area (Å²) in [6, 6.07) is 11.6. The van der Waals surface area contributed by atoms with Crippen LogP contribution < -0.4 is 10.9 Å². The van der Waals surface area contributed by atoms with Gasteiger partial charge in [-0.1, -0.05) is 37.2 Å². The maximum atomic E-state index is 12.5. The van der Waals surface area contributed by atoms with Gasteiger partial charge in [0.05, 0.1) is 5.56 Å². The Hall–Kier alpha value is -2.51. The summed E-state index contributed by atoms with van der Waals surface area (Å²) in [5.74, 6) is -0.525. The molecule has 1 aromatic heterocycles. The number of anilines is 1. The van der Waals surface area contributed by atoms with Crippen molar-refractivity contribution in [3.05, 3.63) is 59.8 Å². The second kappa shape index (κ2) is 7.85. The Morgan fingerprint density at radius 2 is 1.92 bits per heavy atom. The lowest BCUT2D eigenvalue weighted by Crippen LogP contribution is -2.35. The Kier molecular flexibility index (Phi) is 5.84. The quantitative estimate of drug-likeness (QED) is 0.629. The maximum Gasteiger partial charge on any atom is 0.417 e. The molecule has 1 amide bonds. The molecule has 0 saturated carbocycles. The Labute approximate surface area is 138 Å². The molecule has 1 unspecified atom stereocenters. The molecule has 8 heteroatoms. The number of nitrogens with one attached hydrogen (secondary N) is 2. The molecule has 0 spiro atoms. The summed E-state index contributed by atoms with van der Waals surface area (Å²) in [5, 5.41) is 0. The van der Waals surface area contributed by atoms with Crippen molar-refractivity contribution in [3.8, 4) is 0 Å². The number of alkyl halides is 3. The minimum absolute atomic E-state index is 0.130. The number of carbonyl (C=O) groups is 1. The fourth-order valence-corrected chi connectivity index (χ4v) is 2.08. The number of halogens is 3. The second-order valence-corrected chi connectivity index (χ2v) is 5.17. The lowest BCUT2D eigenvalue weighted by Gasteiger charge is -2.16. The molecule has 24 heavy (non-hydrogen) atoms. The van der Waals surface area contributed by atoms with Gasteiger partial charge in [0.15, 0.2) is 0 Å². The fourth-order valence-electron chi connectivity index (χ4n) is 2.08. The summed E-state index contributed by atoms with van der Waals surface area (Å²) in [4.78, 5) is 15.8. The summed E-state index contributed by atoms with van der Waals surface area (Å²) in [5.41, 5.74) is 5.16. The first-order valence-electron chi connectivity index (χ1n) is 7.32. The van der Waals surface area contributed by atoms with Crippen LogP contribution in [-0.2, 0) is 17.4 Å². The topological polar surface area (TPSA) is 54.0 Å². The summed E-state index contributed by atoms with van der Waals surface area (Å²) in [7, 11) is 1.77. The normalized spacial score (nSPS) is 12.3. The third-order valence-electron chi connectivity index (χ3n) is 3.44. The minimum atomic E-state index is -4.44. The predicted octanol–water partition coefficient (Wildman–Crippen LogP) is 3.33. The average molecular weight is 334 g/mol. The lowest BCUT2D eigenvalue weighted by atomic mass is 9.64. The minimum Gasteiger partial charge on any atom is -0.282 e. The molecular formula is C16H16BF3N3O. The molecule has 0 saturated heterocycles. The first-order valence-corrected chi connectivity index (χ1v) is 7.32. The van der Waals surface area contributed by atoms with Crippen molar-refractivity contribution in [1.29, 1.82) is 0 Å². The number of nitrogens with zero attached hydrogens (tertiary/aromatic N) is 1. The standard InChI is InChI=1S/C16H16BF3N3O/c1-17-13(9-11-5-3-2-4-6-11)15(24)23-22-14-8-7-12(10-21-14)16(18,19)20/h2-8,10,13H,9H2,1H3,(H,21,22)(H,23,24). The zero-order valence-corrected chi connectivity index (χ0v) is 13.0. The van der Waals surface area contributed by atoms with Crippen molar-refractivity contribution >= 4 is 19.0 Å². The monoisotopic (exact) mass is 334 g/mol. The number of hydrogen-bond acceptors (Lipinski definition) is 3. The van der Waals surface area contributed by atoms with Gasteiger partial charge in [0.2, 0.25) is 5.91 Å². The highest BCUT2D eigenvalue weighted by Crippen LogP contribution is 2.28. The van der Waals surface area contributed by atoms with Gasteiger partial charge in [0.1, 0.15) is 13.1 Å². The highest BCUT2D eigenvalue weighted by molar-refractivity contribution is 6.42. The molecule has 2 rings (SSSR count). The highest BCUT2D eigenvalue weighted by atomic mass is 19.4. The Morgan fingerprint density at radius 1 is 1.21 bits per heavy atom. The van der Waals surface area contributed by atoms with E-state index in [0.29, 0.717) is 12.6 Å². The molecule has 0 fully saturated rings. The summed E-state index contributed by atoms with van der Waals surface area (Å²) < 4.78 is 37.4. The van der Waals surface area contributed by atoms with Gasteiger partial charge in [0.25, 0.3) is 0 Å². The second-order valence-electron chi connectivity index (χ2n) is 5.17. The summed E-state index contributed by atoms with van der Waals surface area (Å²) in [6.45, 7) is 1.78. The predicted molar refractivity (Wildman–Crippen MR) is 86.5 cm³/mol. The van der Waals surface area contributed by atoms with Crippen molar-refractivity contribution in [2.45, 2.75) is 25.2 Å². The van der Waals surface area contributed by atoms with Gasteiger partial charge in [-0.2, -0.15) is 13.2 Å². The first kappa shape index (κ1) is 17.8. The van der Waals surface area contributed by atoms with Crippen molar-refractivity contribution in [2.24, 2.45) is 0 Å². The largest absolute Gasteiger partial charge is 0.417 e. The molecule has 1 radical (unpaired) electrons. The van der Waals surface area contributed by atoms with Gasteiger partial charge in [0, 0.05) is 12.0 Å². The van der Waals surface area contributed by atoms with Crippen molar-refractivity contribution < 1.29 is 18.0 Å². The number of benzene rings is 1. The molecule has 0 aliphatic rings. The SMILES string of the molecule is C[B]C(Cc1ccccc1)C(=O)NNc1ccc(C(F)(F)F)cn1. The molecule has 2 N–H and O–H groups in total. The van der Waals surface area contributed by atoms with E-state index in [2.05, 4.69) is 15.8 Å². The Bertz CT molecular complexity index is 663. The number of aromatic nitrogens is 1. The zero-order chi connectivity index (χ0) is 17.6. The summed E-state index contributed by atoms with van der Waals surface area (Å²) in [6.07, 6.45) is -3.19. The number of amides is 1. The van der Waals surface area contributed by atoms with Crippen LogP contribution in [0.4, 0.5) is 19.0 Å². The Balaban J connectivity index is 1.91. The van der Waals surface area contributed by atoms with E-state index in [4.69, 9.17) is 0 Å². The van der Waals surface area contributed by atoms with Crippen LogP contribution in [0.3, 0.4) is 0 Å². The summed E-state index contributed by atoms with van der Waals surface area (Å²) >= 11 is 0. The van der Waals surface area contributed by atoms with Gasteiger partial charge in [-0.05, 0) is 24.1 Å². The van der Waals surface area contributed by atoms with Crippen LogP contribution in [0.25, 0.3) is 0 Å². The highest BCUT2D eigenvalue weighted by Gasteiger charge is 2.30. The maximum absolute atomic E-state index is 12.5. The van der Waals surface area contributed by atoms with E-state index in [9.17, 15) is 18.0 Å². The van der Waals surface area contributed by atoms with Gasteiger partial charge in [-0.15, -0.1) is 0 Å². The van der Waals surface area contributed by atoms with Crippen LogP contribution in [-0.4, -0.2) is 18.2 Å². The van der Waals surface area contributed by atoms with Crippen LogP contribution in [0.1, 0.15) is 11.1 Å². The van der Waals surface area contributed by atoms with Crippen LogP contribution in [0.5, 0.6) is 0 Å². The van der Waals surface area contributed by atoms with E-state index in [0.717, 1.165) is 17.7 Å². The van der Waals surface area contributed by atoms with Crippen molar-refractivity contribution in [3.63, 3.8) is 0 Å². The smallest absolute Gasteiger partial charge is 0.282 e. The molecule has 0 aliphatic heterocycles. The van der Waals surface area contributed by atoms with Crippen LogP contribution in [0.15, 0.2) is 48.7 Å². The molecule has 1 heterocycles. The van der Waals surface area contributed by atoms with E-state index < -0.39 is 11.7 Å². The number of rotatable bonds is 6. The number of carbonyl (C=O) groups excluding carboxylic acids is 1. The third-order valence-corrected chi connectivity index (χ3v) is 3.44. The van der Waals surface area contributed by atoms with Gasteiger partial charge in [-0.3, -0.25) is 15.6 Å². The van der Waals surface area contributed by atoms with Crippen LogP contribution in [0, 0.1) is 0 Å². The average Bonchev–Trinajstić information content (AvgIpc) is 2.58. The fraction of sp³-hybridized carbons (Fsp3) is 0.250. The van der Waals surface area contributed by atoms with Crippen LogP contribution >= 0.6 is 0 Å². The van der Waals surface area contributed by atoms with E-state index in [-0.39, 0.29) is 17.5 Å². The van der Waals surface area contributed by atoms with E-state index >= 15 is 0 Å². The van der Waals surface area contributed by atoms with E-state index in [1.54, 1.807) is 14.1 Å². The molecule has 0 bridgehead atoms. The molecule has 0 aliphatic carbocycles. The molecule has 1 aromatic carbocycles. The van der Waals surface area contributed by atoms with Crippen molar-refractivity contribution in [1.82, 2.24) is 10.4 Å². The van der Waals surface area contributed by atoms with Crippen LogP contribution in [0.2, 0.25) is 12.6 Å². The zero-order valence-electron chi connectivity index (χ0n) is 13.0. The van der Waals surface area contributed by atoms with Gasteiger partial charge >= 0.3 is 6.18 Å². The first-order chi connectivity index (χ1) is 11.4. The number of hydrazine groups is 1. The van der Waals surface area contributed by atoms with E-state index in [1.165, 1.54) is 0 Å². The van der Waals surface area contributed by atoms with E-state index in [1.807, 2.05) is 30.3 Å². The molecule has 1 atom stereocenters. The molecule has 4 nitrogen and oxygen atoms in total. The van der Waals surface area contributed by atoms with Gasteiger partial charge < -0.3 is 0 Å². The molecule has 125 valence electrons. The molecule has 2 aromatic rings. The van der Waals surface area contributed by atoms with Crippen molar-refractivity contribution in [2.75, 3.05) is 5.43 Å². The van der Waals surface area contributed by atoms with Gasteiger partial charge in [-0.25, -0.2) is 4.98 Å². The number of hydrogen-bond donors (Lipinski definition) is 2. The molecular weight excluding hydrogens is 318 g/mol.